The number of ether oxygens (including phenoxy) is 1. The number of benzene rings is 2. The molecule has 0 spiro atoms. The molecule has 0 aliphatic carbocycles. The van der Waals surface area contributed by atoms with Gasteiger partial charge in [0.05, 0.1) is 23.3 Å². The summed E-state index contributed by atoms with van der Waals surface area (Å²) in [6.45, 7) is 3.84. The molecule has 1 aromatic heterocycles. The molecule has 4 rings (SSSR count). The lowest BCUT2D eigenvalue weighted by Gasteiger charge is -2.23. The molecule has 8 heteroatoms. The smallest absolute Gasteiger partial charge is 0.332 e. The largest absolute Gasteiger partial charge is 0.463 e. The first-order valence-corrected chi connectivity index (χ1v) is 10.0. The van der Waals surface area contributed by atoms with Gasteiger partial charge in [0.15, 0.2) is 0 Å². The van der Waals surface area contributed by atoms with E-state index in [0.717, 1.165) is 16.6 Å². The summed E-state index contributed by atoms with van der Waals surface area (Å²) in [5, 5.41) is 18.8. The summed E-state index contributed by atoms with van der Waals surface area (Å²) < 4.78 is 5.04. The number of aromatic amines is 1. The number of nitro groups is 1. The molecule has 0 radical (unpaired) electrons. The number of nitro benzene ring substituents is 1. The Morgan fingerprint density at radius 3 is 2.84 bits per heavy atom. The second-order valence-electron chi connectivity index (χ2n) is 7.27. The molecule has 2 aromatic carbocycles. The van der Waals surface area contributed by atoms with E-state index in [-0.39, 0.29) is 18.3 Å². The highest BCUT2D eigenvalue weighted by Gasteiger charge is 2.31. The number of esters is 1. The van der Waals surface area contributed by atoms with Gasteiger partial charge in [0.1, 0.15) is 0 Å². The summed E-state index contributed by atoms with van der Waals surface area (Å²) in [5.41, 5.74) is 3.99. The van der Waals surface area contributed by atoms with Crippen LogP contribution in [0.15, 0.2) is 71.5 Å². The van der Waals surface area contributed by atoms with Crippen LogP contribution in [-0.4, -0.2) is 33.2 Å². The molecule has 1 aliphatic heterocycles. The van der Waals surface area contributed by atoms with Crippen LogP contribution in [0.3, 0.4) is 0 Å². The Balaban J connectivity index is 1.74. The van der Waals surface area contributed by atoms with E-state index in [0.29, 0.717) is 23.4 Å². The quantitative estimate of drug-likeness (QED) is 0.271. The number of carbonyl (C=O) groups excluding carboxylic acids is 1. The summed E-state index contributed by atoms with van der Waals surface area (Å²) >= 11 is 0. The maximum atomic E-state index is 12.0. The van der Waals surface area contributed by atoms with Gasteiger partial charge in [-0.1, -0.05) is 30.3 Å². The Morgan fingerprint density at radius 2 is 2.10 bits per heavy atom. The third-order valence-corrected chi connectivity index (χ3v) is 5.19. The van der Waals surface area contributed by atoms with E-state index in [4.69, 9.17) is 9.84 Å². The number of para-hydroxylation sites is 1. The van der Waals surface area contributed by atoms with E-state index in [1.54, 1.807) is 24.9 Å². The zero-order chi connectivity index (χ0) is 22.0. The van der Waals surface area contributed by atoms with Crippen LogP contribution in [0.4, 0.5) is 5.69 Å². The van der Waals surface area contributed by atoms with Crippen molar-refractivity contribution < 1.29 is 14.5 Å². The minimum absolute atomic E-state index is 0.0135. The number of nitrogens with zero attached hydrogens (tertiary/aromatic N) is 3. The Kier molecular flexibility index (Phi) is 5.53. The third-order valence-electron chi connectivity index (χ3n) is 5.19. The number of hydrogen-bond acceptors (Lipinski definition) is 6. The van der Waals surface area contributed by atoms with E-state index < -0.39 is 10.9 Å². The standard InChI is InChI=1S/C23H22N4O4/c1-3-31-23(28)11-15(2)26-22(21-13-17-7-4-5-10-19(17)24-21)14-20(25-26)16-8-6-9-18(12-16)27(29)30/h4-13,22,24H,3,14H2,1-2H3/b15-11-/t22-/m1/s1. The zero-order valence-electron chi connectivity index (χ0n) is 17.2. The van der Waals surface area contributed by atoms with E-state index in [9.17, 15) is 14.9 Å². The minimum atomic E-state index is -0.436. The number of nitrogens with one attached hydrogen (secondary N) is 1. The van der Waals surface area contributed by atoms with Gasteiger partial charge in [-0.2, -0.15) is 5.10 Å². The van der Waals surface area contributed by atoms with Crippen molar-refractivity contribution in [2.45, 2.75) is 26.3 Å². The van der Waals surface area contributed by atoms with E-state index >= 15 is 0 Å². The van der Waals surface area contributed by atoms with Gasteiger partial charge in [0, 0.05) is 47.1 Å². The Hall–Kier alpha value is -3.94. The van der Waals surface area contributed by atoms with Crippen molar-refractivity contribution in [2.24, 2.45) is 5.10 Å². The maximum absolute atomic E-state index is 12.0. The first-order chi connectivity index (χ1) is 15.0. The predicted molar refractivity (Wildman–Crippen MR) is 118 cm³/mol. The van der Waals surface area contributed by atoms with Crippen LogP contribution in [0.5, 0.6) is 0 Å². The van der Waals surface area contributed by atoms with Gasteiger partial charge >= 0.3 is 5.97 Å². The van der Waals surface area contributed by atoms with Crippen molar-refractivity contribution in [2.75, 3.05) is 6.61 Å². The number of allylic oxidation sites excluding steroid dienone is 1. The van der Waals surface area contributed by atoms with E-state index in [1.165, 1.54) is 18.2 Å². The molecule has 8 nitrogen and oxygen atoms in total. The van der Waals surface area contributed by atoms with Crippen molar-refractivity contribution in [3.63, 3.8) is 0 Å². The van der Waals surface area contributed by atoms with Gasteiger partial charge in [-0.15, -0.1) is 0 Å². The van der Waals surface area contributed by atoms with Crippen molar-refractivity contribution >= 4 is 28.3 Å². The molecule has 1 N–H and O–H groups in total. The molecule has 0 bridgehead atoms. The summed E-state index contributed by atoms with van der Waals surface area (Å²) in [5.74, 6) is -0.436. The van der Waals surface area contributed by atoms with Gasteiger partial charge in [0.2, 0.25) is 0 Å². The Labute approximate surface area is 179 Å². The average molecular weight is 418 g/mol. The van der Waals surface area contributed by atoms with E-state index in [2.05, 4.69) is 11.1 Å². The molecule has 0 unspecified atom stereocenters. The van der Waals surface area contributed by atoms with Crippen LogP contribution in [0.25, 0.3) is 10.9 Å². The number of hydrazone groups is 1. The van der Waals surface area contributed by atoms with Gasteiger partial charge in [0.25, 0.3) is 5.69 Å². The fourth-order valence-corrected chi connectivity index (χ4v) is 3.75. The number of aromatic nitrogens is 1. The highest BCUT2D eigenvalue weighted by atomic mass is 16.6. The van der Waals surface area contributed by atoms with Gasteiger partial charge in [-0.25, -0.2) is 4.79 Å². The first-order valence-electron chi connectivity index (χ1n) is 10.0. The molecule has 0 amide bonds. The normalized spacial score (nSPS) is 16.5. The third kappa shape index (κ3) is 4.18. The molecule has 3 aromatic rings. The lowest BCUT2D eigenvalue weighted by Crippen LogP contribution is -2.19. The summed E-state index contributed by atoms with van der Waals surface area (Å²) in [4.78, 5) is 26.2. The molecule has 2 heterocycles. The van der Waals surface area contributed by atoms with Gasteiger partial charge in [-0.05, 0) is 31.4 Å². The number of fused-ring (bicyclic) bond motifs is 1. The van der Waals surface area contributed by atoms with Crippen LogP contribution in [0.2, 0.25) is 0 Å². The summed E-state index contributed by atoms with van der Waals surface area (Å²) in [7, 11) is 0. The fraction of sp³-hybridized carbons (Fsp3) is 0.217. The lowest BCUT2D eigenvalue weighted by atomic mass is 10.0. The second-order valence-corrected chi connectivity index (χ2v) is 7.27. The van der Waals surface area contributed by atoms with Crippen LogP contribution in [-0.2, 0) is 9.53 Å². The molecule has 0 fully saturated rings. The molecule has 0 saturated heterocycles. The molecule has 1 atom stereocenters. The van der Waals surface area contributed by atoms with Gasteiger partial charge in [-0.3, -0.25) is 15.1 Å². The molecular weight excluding hydrogens is 396 g/mol. The number of non-ortho nitro benzene ring substituents is 1. The number of rotatable bonds is 6. The molecule has 31 heavy (non-hydrogen) atoms. The minimum Gasteiger partial charge on any atom is -0.463 e. The molecule has 1 aliphatic rings. The Morgan fingerprint density at radius 1 is 1.29 bits per heavy atom. The highest BCUT2D eigenvalue weighted by Crippen LogP contribution is 2.36. The number of carbonyl (C=O) groups is 1. The SMILES string of the molecule is CCOC(=O)/C=C(/C)N1N=C(c2cccc([N+](=O)[O-])c2)C[C@@H]1c1cc2ccccc2[nH]1. The monoisotopic (exact) mass is 418 g/mol. The van der Waals surface area contributed by atoms with Crippen LogP contribution in [0, 0.1) is 10.1 Å². The first kappa shape index (κ1) is 20.3. The van der Waals surface area contributed by atoms with Crippen LogP contribution in [0.1, 0.15) is 37.6 Å². The molecule has 158 valence electrons. The summed E-state index contributed by atoms with van der Waals surface area (Å²) in [6.07, 6.45) is 1.95. The predicted octanol–water partition coefficient (Wildman–Crippen LogP) is 4.69. The molecular formula is C23H22N4O4. The Bertz CT molecular complexity index is 1180. The number of hydrogen-bond donors (Lipinski definition) is 1. The number of H-pyrrole nitrogens is 1. The van der Waals surface area contributed by atoms with Crippen molar-refractivity contribution in [3.8, 4) is 0 Å². The summed E-state index contributed by atoms with van der Waals surface area (Å²) in [6, 6.07) is 16.3. The topological polar surface area (TPSA) is 101 Å². The van der Waals surface area contributed by atoms with Crippen LogP contribution >= 0.6 is 0 Å². The second kappa shape index (κ2) is 8.43. The average Bonchev–Trinajstić information content (AvgIpc) is 3.38. The molecule has 0 saturated carbocycles. The fourth-order valence-electron chi connectivity index (χ4n) is 3.75. The zero-order valence-corrected chi connectivity index (χ0v) is 17.2. The van der Waals surface area contributed by atoms with Gasteiger partial charge < -0.3 is 9.72 Å². The van der Waals surface area contributed by atoms with Crippen molar-refractivity contribution in [1.82, 2.24) is 9.99 Å². The highest BCUT2D eigenvalue weighted by molar-refractivity contribution is 6.02. The van der Waals surface area contributed by atoms with Crippen molar-refractivity contribution in [1.29, 1.82) is 0 Å². The lowest BCUT2D eigenvalue weighted by molar-refractivity contribution is -0.384. The van der Waals surface area contributed by atoms with Crippen LogP contribution < -0.4 is 0 Å². The van der Waals surface area contributed by atoms with Crippen molar-refractivity contribution in [3.05, 3.63) is 87.7 Å². The van der Waals surface area contributed by atoms with E-state index in [1.807, 2.05) is 30.3 Å². The maximum Gasteiger partial charge on any atom is 0.332 e.